The summed E-state index contributed by atoms with van der Waals surface area (Å²) >= 11 is 3.37. The van der Waals surface area contributed by atoms with E-state index in [0.29, 0.717) is 19.3 Å². The molecule has 0 spiro atoms. The van der Waals surface area contributed by atoms with E-state index in [0.717, 1.165) is 20.5 Å². The Hall–Kier alpha value is -1.08. The minimum absolute atomic E-state index is 0.392. The van der Waals surface area contributed by atoms with E-state index in [1.165, 1.54) is 0 Å². The molecule has 7 heteroatoms. The molecule has 0 saturated carbocycles. The van der Waals surface area contributed by atoms with Crippen LogP contribution in [-0.2, 0) is 17.6 Å². The van der Waals surface area contributed by atoms with Crippen molar-refractivity contribution in [3.8, 4) is 0 Å². The number of benzene rings is 1. The molecule has 0 fully saturated rings. The maximum absolute atomic E-state index is 12.6. The Morgan fingerprint density at radius 2 is 2.10 bits per heavy atom. The molecule has 2 rings (SSSR count). The number of alkyl halides is 3. The number of aryl methyl sites for hydroxylation is 1. The molecule has 3 nitrogen and oxygen atoms in total. The van der Waals surface area contributed by atoms with Crippen molar-refractivity contribution in [2.45, 2.75) is 31.5 Å². The number of hydrogen-bond acceptors (Lipinski definition) is 2. The molecular formula is C14H15BrF3NO2. The van der Waals surface area contributed by atoms with Crippen molar-refractivity contribution >= 4 is 21.9 Å². The molecule has 0 heterocycles. The summed E-state index contributed by atoms with van der Waals surface area (Å²) in [5.74, 6) is -1.24. The van der Waals surface area contributed by atoms with Gasteiger partial charge in [-0.3, -0.25) is 9.69 Å². The molecule has 0 saturated heterocycles. The molecule has 0 amide bonds. The Morgan fingerprint density at radius 3 is 2.71 bits per heavy atom. The molecule has 1 aliphatic rings. The van der Waals surface area contributed by atoms with Crippen LogP contribution in [0.2, 0.25) is 0 Å². The van der Waals surface area contributed by atoms with Gasteiger partial charge in [0.1, 0.15) is 0 Å². The van der Waals surface area contributed by atoms with Crippen LogP contribution in [-0.4, -0.2) is 41.3 Å². The van der Waals surface area contributed by atoms with Crippen LogP contribution in [0.3, 0.4) is 0 Å². The Balaban J connectivity index is 2.14. The van der Waals surface area contributed by atoms with Crippen molar-refractivity contribution in [2.24, 2.45) is 0 Å². The third-order valence-electron chi connectivity index (χ3n) is 3.61. The van der Waals surface area contributed by atoms with Gasteiger partial charge in [0.2, 0.25) is 0 Å². The molecule has 1 N–H and O–H groups in total. The molecule has 1 aromatic carbocycles. The van der Waals surface area contributed by atoms with E-state index in [2.05, 4.69) is 15.9 Å². The van der Waals surface area contributed by atoms with Gasteiger partial charge in [0, 0.05) is 10.5 Å². The largest absolute Gasteiger partial charge is 0.480 e. The maximum Gasteiger partial charge on any atom is 0.401 e. The first-order chi connectivity index (χ1) is 9.74. The van der Waals surface area contributed by atoms with Gasteiger partial charge in [0.15, 0.2) is 0 Å². The molecule has 0 aliphatic heterocycles. The van der Waals surface area contributed by atoms with E-state index in [1.54, 1.807) is 0 Å². The fourth-order valence-electron chi connectivity index (χ4n) is 2.73. The van der Waals surface area contributed by atoms with Crippen LogP contribution >= 0.6 is 15.9 Å². The topological polar surface area (TPSA) is 40.5 Å². The first kappa shape index (κ1) is 16.3. The van der Waals surface area contributed by atoms with Crippen molar-refractivity contribution in [3.63, 3.8) is 0 Å². The third-order valence-corrected chi connectivity index (χ3v) is 4.10. The molecular weight excluding hydrogens is 351 g/mol. The number of rotatable bonds is 4. The van der Waals surface area contributed by atoms with Crippen molar-refractivity contribution in [3.05, 3.63) is 33.8 Å². The fraction of sp³-hybridized carbons (Fsp3) is 0.500. The number of fused-ring (bicyclic) bond motifs is 1. The lowest BCUT2D eigenvalue weighted by atomic mass is 9.87. The van der Waals surface area contributed by atoms with Gasteiger partial charge in [0.25, 0.3) is 0 Å². The fourth-order valence-corrected chi connectivity index (χ4v) is 3.14. The second-order valence-electron chi connectivity index (χ2n) is 5.22. The van der Waals surface area contributed by atoms with E-state index in [4.69, 9.17) is 5.11 Å². The lowest BCUT2D eigenvalue weighted by Gasteiger charge is -2.34. The average molecular weight is 366 g/mol. The lowest BCUT2D eigenvalue weighted by molar-refractivity contribution is -0.158. The van der Waals surface area contributed by atoms with Crippen molar-refractivity contribution < 1.29 is 23.1 Å². The zero-order valence-corrected chi connectivity index (χ0v) is 12.7. The van der Waals surface area contributed by atoms with Crippen LogP contribution in [0, 0.1) is 0 Å². The van der Waals surface area contributed by atoms with E-state index in [1.807, 2.05) is 18.2 Å². The van der Waals surface area contributed by atoms with E-state index >= 15 is 0 Å². The standard InChI is InChI=1S/C14H15BrF3NO2/c15-11-3-1-10-6-12(4-2-9(10)5-11)19(7-13(20)21)8-14(16,17)18/h1,3,5,12H,2,4,6-8H2,(H,20,21). The summed E-state index contributed by atoms with van der Waals surface area (Å²) < 4.78 is 38.8. The number of nitrogens with zero attached hydrogens (tertiary/aromatic N) is 1. The zero-order chi connectivity index (χ0) is 15.6. The highest BCUT2D eigenvalue weighted by molar-refractivity contribution is 9.10. The van der Waals surface area contributed by atoms with Gasteiger partial charge in [-0.05, 0) is 42.5 Å². The summed E-state index contributed by atoms with van der Waals surface area (Å²) in [6.07, 6.45) is -2.75. The van der Waals surface area contributed by atoms with Crippen molar-refractivity contribution in [1.82, 2.24) is 4.90 Å². The van der Waals surface area contributed by atoms with Gasteiger partial charge < -0.3 is 5.11 Å². The highest BCUT2D eigenvalue weighted by Crippen LogP contribution is 2.28. The van der Waals surface area contributed by atoms with E-state index in [9.17, 15) is 18.0 Å². The van der Waals surface area contributed by atoms with Gasteiger partial charge in [-0.25, -0.2) is 0 Å². The lowest BCUT2D eigenvalue weighted by Crippen LogP contribution is -2.46. The van der Waals surface area contributed by atoms with Crippen LogP contribution in [0.15, 0.2) is 22.7 Å². The van der Waals surface area contributed by atoms with Crippen LogP contribution in [0.4, 0.5) is 13.2 Å². The molecule has 116 valence electrons. The van der Waals surface area contributed by atoms with Gasteiger partial charge >= 0.3 is 12.1 Å². The van der Waals surface area contributed by atoms with Crippen LogP contribution < -0.4 is 0 Å². The maximum atomic E-state index is 12.6. The average Bonchev–Trinajstić information content (AvgIpc) is 2.35. The second kappa shape index (κ2) is 6.36. The summed E-state index contributed by atoms with van der Waals surface area (Å²) in [5.41, 5.74) is 2.11. The number of aliphatic carboxylic acids is 1. The third kappa shape index (κ3) is 4.71. The molecule has 1 aromatic rings. The van der Waals surface area contributed by atoms with Crippen molar-refractivity contribution in [1.29, 1.82) is 0 Å². The van der Waals surface area contributed by atoms with Crippen LogP contribution in [0.25, 0.3) is 0 Å². The van der Waals surface area contributed by atoms with Gasteiger partial charge in [0.05, 0.1) is 13.1 Å². The smallest absolute Gasteiger partial charge is 0.401 e. The minimum atomic E-state index is -4.39. The Kier molecular flexibility index (Phi) is 4.93. The normalized spacial score (nSPS) is 18.6. The van der Waals surface area contributed by atoms with Crippen LogP contribution in [0.5, 0.6) is 0 Å². The van der Waals surface area contributed by atoms with Gasteiger partial charge in [-0.15, -0.1) is 0 Å². The molecule has 1 aliphatic carbocycles. The number of carbonyl (C=O) groups is 1. The molecule has 1 unspecified atom stereocenters. The predicted molar refractivity (Wildman–Crippen MR) is 75.2 cm³/mol. The molecule has 0 bridgehead atoms. The number of carboxylic acid groups (broad SMARTS) is 1. The zero-order valence-electron chi connectivity index (χ0n) is 11.2. The SMILES string of the molecule is O=C(O)CN(CC(F)(F)F)C1CCc2cc(Br)ccc2C1. The van der Waals surface area contributed by atoms with E-state index in [-0.39, 0.29) is 0 Å². The summed E-state index contributed by atoms with van der Waals surface area (Å²) in [6.45, 7) is -1.77. The quantitative estimate of drug-likeness (QED) is 0.890. The summed E-state index contributed by atoms with van der Waals surface area (Å²) in [7, 11) is 0. The Morgan fingerprint density at radius 1 is 1.38 bits per heavy atom. The molecule has 0 radical (unpaired) electrons. The summed E-state index contributed by atoms with van der Waals surface area (Å²) in [6, 6.07) is 5.32. The van der Waals surface area contributed by atoms with Gasteiger partial charge in [-0.2, -0.15) is 13.2 Å². The number of carboxylic acids is 1. The number of hydrogen-bond donors (Lipinski definition) is 1. The molecule has 0 aromatic heterocycles. The predicted octanol–water partition coefficient (Wildman–Crippen LogP) is 3.26. The Bertz CT molecular complexity index is 533. The first-order valence-corrected chi connectivity index (χ1v) is 7.34. The van der Waals surface area contributed by atoms with Crippen LogP contribution in [0.1, 0.15) is 17.5 Å². The Labute approximate surface area is 128 Å². The monoisotopic (exact) mass is 365 g/mol. The number of halogens is 4. The summed E-state index contributed by atoms with van der Waals surface area (Å²) in [4.78, 5) is 11.8. The molecule has 1 atom stereocenters. The molecule has 21 heavy (non-hydrogen) atoms. The van der Waals surface area contributed by atoms with Gasteiger partial charge in [-0.1, -0.05) is 22.0 Å². The highest BCUT2D eigenvalue weighted by atomic mass is 79.9. The first-order valence-electron chi connectivity index (χ1n) is 6.54. The summed E-state index contributed by atoms with van der Waals surface area (Å²) in [5, 5.41) is 8.83. The van der Waals surface area contributed by atoms with Crippen molar-refractivity contribution in [2.75, 3.05) is 13.1 Å². The highest BCUT2D eigenvalue weighted by Gasteiger charge is 2.35. The second-order valence-corrected chi connectivity index (χ2v) is 6.14. The van der Waals surface area contributed by atoms with E-state index < -0.39 is 31.3 Å². The minimum Gasteiger partial charge on any atom is -0.480 e.